The van der Waals surface area contributed by atoms with Gasteiger partial charge in [0.05, 0.1) is 11.1 Å². The number of likely N-dealkylation sites (N-methyl/N-ethyl adjacent to an activating group) is 1. The number of hydrogen-bond acceptors (Lipinski definition) is 5. The summed E-state index contributed by atoms with van der Waals surface area (Å²) in [6.07, 6.45) is 0.250. The van der Waals surface area contributed by atoms with E-state index in [1.54, 1.807) is 11.4 Å². The second-order valence-electron chi connectivity index (χ2n) is 4.58. The van der Waals surface area contributed by atoms with Crippen LogP contribution >= 0.6 is 23.7 Å². The van der Waals surface area contributed by atoms with Crippen molar-refractivity contribution in [3.05, 3.63) is 29.0 Å². The number of carbonyl (C=O) groups is 2. The second kappa shape index (κ2) is 6.61. The van der Waals surface area contributed by atoms with Crippen LogP contribution in [0.3, 0.4) is 0 Å². The highest BCUT2D eigenvalue weighted by Crippen LogP contribution is 2.23. The summed E-state index contributed by atoms with van der Waals surface area (Å²) in [5, 5.41) is 2.57. The standard InChI is InChI=1S/C12H14ClFN4O2S/c1-18-10(5-9(11(15)19)17-21-18)12(20)16-6-2-3-8(14)7(13)4-6/h2-4,9-10,17H,5H2,1H3,(H2,15,19)(H,16,20). The molecule has 6 nitrogen and oxygen atoms in total. The van der Waals surface area contributed by atoms with Crippen LogP contribution in [-0.4, -0.2) is 35.3 Å². The summed E-state index contributed by atoms with van der Waals surface area (Å²) in [6, 6.07) is 2.79. The zero-order valence-corrected chi connectivity index (χ0v) is 12.7. The van der Waals surface area contributed by atoms with E-state index < -0.39 is 23.8 Å². The van der Waals surface area contributed by atoms with Gasteiger partial charge in [0.2, 0.25) is 11.8 Å². The fraction of sp³-hybridized carbons (Fsp3) is 0.333. The summed E-state index contributed by atoms with van der Waals surface area (Å²) < 4.78 is 17.6. The number of carbonyl (C=O) groups excluding carboxylic acids is 2. The van der Waals surface area contributed by atoms with Crippen molar-refractivity contribution in [3.63, 3.8) is 0 Å². The van der Waals surface area contributed by atoms with Crippen LogP contribution in [0.1, 0.15) is 6.42 Å². The minimum absolute atomic E-state index is 0.0733. The molecule has 2 amide bonds. The third kappa shape index (κ3) is 3.85. The summed E-state index contributed by atoms with van der Waals surface area (Å²) in [6.45, 7) is 0. The Hall–Kier alpha value is -1.35. The first-order valence-electron chi connectivity index (χ1n) is 6.09. The molecule has 21 heavy (non-hydrogen) atoms. The predicted molar refractivity (Wildman–Crippen MR) is 79.9 cm³/mol. The molecule has 2 atom stereocenters. The topological polar surface area (TPSA) is 87.5 Å². The predicted octanol–water partition coefficient (Wildman–Crippen LogP) is 1.13. The molecule has 0 aromatic heterocycles. The highest BCUT2D eigenvalue weighted by atomic mass is 35.5. The van der Waals surface area contributed by atoms with Gasteiger partial charge in [-0.1, -0.05) is 11.6 Å². The fourth-order valence-corrected chi connectivity index (χ4v) is 2.87. The molecule has 0 spiro atoms. The van der Waals surface area contributed by atoms with Crippen molar-refractivity contribution in [2.45, 2.75) is 18.5 Å². The van der Waals surface area contributed by atoms with Crippen LogP contribution in [-0.2, 0) is 9.59 Å². The number of halogens is 2. The Morgan fingerprint density at radius 3 is 2.90 bits per heavy atom. The maximum absolute atomic E-state index is 13.1. The van der Waals surface area contributed by atoms with E-state index in [1.165, 1.54) is 18.2 Å². The van der Waals surface area contributed by atoms with E-state index in [-0.39, 0.29) is 17.4 Å². The maximum Gasteiger partial charge on any atom is 0.242 e. The minimum atomic E-state index is -0.584. The third-order valence-corrected chi connectivity index (χ3v) is 4.29. The highest BCUT2D eigenvalue weighted by molar-refractivity contribution is 7.95. The fourth-order valence-electron chi connectivity index (χ4n) is 1.88. The smallest absolute Gasteiger partial charge is 0.242 e. The van der Waals surface area contributed by atoms with Crippen molar-refractivity contribution < 1.29 is 14.0 Å². The summed E-state index contributed by atoms with van der Waals surface area (Å²) in [7, 11) is 1.72. The quantitative estimate of drug-likeness (QED) is 0.722. The van der Waals surface area contributed by atoms with Gasteiger partial charge < -0.3 is 11.1 Å². The lowest BCUT2D eigenvalue weighted by Gasteiger charge is -2.34. The molecular formula is C12H14ClFN4O2S. The number of nitrogens with one attached hydrogen (secondary N) is 2. The summed E-state index contributed by atoms with van der Waals surface area (Å²) in [5.41, 5.74) is 5.63. The lowest BCUT2D eigenvalue weighted by Crippen LogP contribution is -2.53. The Bertz CT molecular complexity index is 574. The van der Waals surface area contributed by atoms with E-state index in [0.717, 1.165) is 12.1 Å². The Labute approximate surface area is 130 Å². The van der Waals surface area contributed by atoms with Gasteiger partial charge in [-0.3, -0.25) is 9.59 Å². The normalized spacial score (nSPS) is 22.8. The molecule has 9 heteroatoms. The van der Waals surface area contributed by atoms with E-state index >= 15 is 0 Å². The minimum Gasteiger partial charge on any atom is -0.368 e. The molecule has 4 N–H and O–H groups in total. The number of rotatable bonds is 3. The van der Waals surface area contributed by atoms with Crippen LogP contribution in [0, 0.1) is 5.82 Å². The van der Waals surface area contributed by atoms with Crippen molar-refractivity contribution in [1.29, 1.82) is 0 Å². The Morgan fingerprint density at radius 1 is 1.57 bits per heavy atom. The highest BCUT2D eigenvalue weighted by Gasteiger charge is 2.34. The van der Waals surface area contributed by atoms with Crippen molar-refractivity contribution >= 4 is 41.2 Å². The van der Waals surface area contributed by atoms with Gasteiger partial charge in [0.15, 0.2) is 0 Å². The molecule has 2 unspecified atom stereocenters. The SMILES string of the molecule is CN1SNC(C(N)=O)CC1C(=O)Nc1ccc(F)c(Cl)c1. The largest absolute Gasteiger partial charge is 0.368 e. The molecule has 1 aromatic rings. The van der Waals surface area contributed by atoms with Gasteiger partial charge in [-0.15, -0.1) is 0 Å². The van der Waals surface area contributed by atoms with Gasteiger partial charge in [-0.2, -0.15) is 0 Å². The summed E-state index contributed by atoms with van der Waals surface area (Å²) in [5.74, 6) is -1.39. The number of nitrogens with two attached hydrogens (primary N) is 1. The van der Waals surface area contributed by atoms with Crippen molar-refractivity contribution in [1.82, 2.24) is 9.03 Å². The Kier molecular flexibility index (Phi) is 5.04. The van der Waals surface area contributed by atoms with Crippen LogP contribution < -0.4 is 15.8 Å². The Balaban J connectivity index is 2.07. The number of hydrogen-bond donors (Lipinski definition) is 3. The number of primary amides is 1. The van der Waals surface area contributed by atoms with Crippen LogP contribution in [0.4, 0.5) is 10.1 Å². The molecule has 1 aliphatic rings. The van der Waals surface area contributed by atoms with Crippen molar-refractivity contribution in [2.75, 3.05) is 12.4 Å². The lowest BCUT2D eigenvalue weighted by atomic mass is 10.1. The molecule has 1 aromatic carbocycles. The number of anilines is 1. The molecular weight excluding hydrogens is 319 g/mol. The van der Waals surface area contributed by atoms with Crippen LogP contribution in [0.15, 0.2) is 18.2 Å². The molecule has 0 saturated carbocycles. The average molecular weight is 333 g/mol. The molecule has 114 valence electrons. The maximum atomic E-state index is 13.1. The monoisotopic (exact) mass is 332 g/mol. The van der Waals surface area contributed by atoms with Gasteiger partial charge in [-0.25, -0.2) is 13.4 Å². The van der Waals surface area contributed by atoms with Gasteiger partial charge in [0.25, 0.3) is 0 Å². The van der Waals surface area contributed by atoms with E-state index in [1.807, 2.05) is 0 Å². The Morgan fingerprint density at radius 2 is 2.29 bits per heavy atom. The average Bonchev–Trinajstić information content (AvgIpc) is 2.43. The molecule has 0 aliphatic carbocycles. The van der Waals surface area contributed by atoms with E-state index in [0.29, 0.717) is 5.69 Å². The van der Waals surface area contributed by atoms with Gasteiger partial charge in [-0.05, 0) is 31.7 Å². The van der Waals surface area contributed by atoms with Crippen LogP contribution in [0.2, 0.25) is 5.02 Å². The first-order valence-corrected chi connectivity index (χ1v) is 7.24. The molecule has 0 radical (unpaired) electrons. The number of benzene rings is 1. The first kappa shape index (κ1) is 16.0. The molecule has 2 rings (SSSR count). The third-order valence-electron chi connectivity index (χ3n) is 3.07. The summed E-state index contributed by atoms with van der Waals surface area (Å²) in [4.78, 5) is 23.5. The van der Waals surface area contributed by atoms with Crippen LogP contribution in [0.25, 0.3) is 0 Å². The van der Waals surface area contributed by atoms with Crippen molar-refractivity contribution in [2.24, 2.45) is 5.73 Å². The van der Waals surface area contributed by atoms with Crippen molar-refractivity contribution in [3.8, 4) is 0 Å². The van der Waals surface area contributed by atoms with Gasteiger partial charge in [0.1, 0.15) is 11.9 Å². The van der Waals surface area contributed by atoms with E-state index in [9.17, 15) is 14.0 Å². The van der Waals surface area contributed by atoms with Gasteiger partial charge in [0, 0.05) is 17.8 Å². The molecule has 1 aliphatic heterocycles. The zero-order valence-electron chi connectivity index (χ0n) is 11.1. The zero-order chi connectivity index (χ0) is 15.6. The number of nitrogens with zero attached hydrogens (tertiary/aromatic N) is 1. The lowest BCUT2D eigenvalue weighted by molar-refractivity contribution is -0.122. The van der Waals surface area contributed by atoms with E-state index in [2.05, 4.69) is 10.0 Å². The molecule has 0 bridgehead atoms. The van der Waals surface area contributed by atoms with E-state index in [4.69, 9.17) is 17.3 Å². The molecule has 1 heterocycles. The number of amides is 2. The molecule has 1 fully saturated rings. The van der Waals surface area contributed by atoms with Crippen LogP contribution in [0.5, 0.6) is 0 Å². The van der Waals surface area contributed by atoms with Gasteiger partial charge >= 0.3 is 0 Å². The summed E-state index contributed by atoms with van der Waals surface area (Å²) >= 11 is 6.81. The first-order chi connectivity index (χ1) is 9.88. The second-order valence-corrected chi connectivity index (χ2v) is 5.98. The molecule has 1 saturated heterocycles.